The number of hydrogen-bond donors (Lipinski definition) is 1. The number of nitrogens with zero attached hydrogens (tertiary/aromatic N) is 3. The summed E-state index contributed by atoms with van der Waals surface area (Å²) < 4.78 is 6.87. The SMILES string of the molecule is Cc1oc2ncn(C)c(=O)c2c1C(=O)N1CCC(N)C(C)(C)C1. The van der Waals surface area contributed by atoms with Crippen LogP contribution in [0.5, 0.6) is 0 Å². The van der Waals surface area contributed by atoms with Gasteiger partial charge in [0.25, 0.3) is 11.5 Å². The van der Waals surface area contributed by atoms with Crippen molar-refractivity contribution < 1.29 is 9.21 Å². The van der Waals surface area contributed by atoms with Crippen LogP contribution in [-0.4, -0.2) is 39.5 Å². The summed E-state index contributed by atoms with van der Waals surface area (Å²) in [6.07, 6.45) is 2.13. The van der Waals surface area contributed by atoms with E-state index in [1.165, 1.54) is 10.9 Å². The predicted molar refractivity (Wildman–Crippen MR) is 86.3 cm³/mol. The highest BCUT2D eigenvalue weighted by molar-refractivity contribution is 6.06. The molecule has 3 rings (SSSR count). The molecule has 1 aliphatic heterocycles. The second-order valence-corrected chi connectivity index (χ2v) is 6.98. The fourth-order valence-corrected chi connectivity index (χ4v) is 3.15. The average molecular weight is 318 g/mol. The highest BCUT2D eigenvalue weighted by Gasteiger charge is 2.37. The molecule has 0 bridgehead atoms. The number of piperidine rings is 1. The fraction of sp³-hybridized carbons (Fsp3) is 0.562. The molecule has 2 aromatic heterocycles. The molecule has 3 heterocycles. The van der Waals surface area contributed by atoms with Gasteiger partial charge in [0.05, 0.1) is 5.56 Å². The monoisotopic (exact) mass is 318 g/mol. The zero-order valence-corrected chi connectivity index (χ0v) is 13.9. The molecule has 1 amide bonds. The molecule has 0 saturated carbocycles. The van der Waals surface area contributed by atoms with Gasteiger partial charge in [-0.1, -0.05) is 13.8 Å². The van der Waals surface area contributed by atoms with E-state index in [0.717, 1.165) is 6.42 Å². The van der Waals surface area contributed by atoms with E-state index in [2.05, 4.69) is 18.8 Å². The lowest BCUT2D eigenvalue weighted by atomic mass is 9.79. The molecular weight excluding hydrogens is 296 g/mol. The maximum Gasteiger partial charge on any atom is 0.265 e. The molecule has 7 heteroatoms. The molecule has 0 aromatic carbocycles. The van der Waals surface area contributed by atoms with E-state index in [1.54, 1.807) is 18.9 Å². The van der Waals surface area contributed by atoms with Gasteiger partial charge < -0.3 is 19.6 Å². The van der Waals surface area contributed by atoms with Crippen molar-refractivity contribution in [3.05, 3.63) is 28.0 Å². The van der Waals surface area contributed by atoms with Crippen molar-refractivity contribution >= 4 is 17.0 Å². The Hall–Kier alpha value is -2.15. The van der Waals surface area contributed by atoms with Gasteiger partial charge in [-0.3, -0.25) is 9.59 Å². The number of furan rings is 1. The standard InChI is InChI=1S/C16H22N4O3/c1-9-11(12-13(23-9)18-8-19(4)14(12)21)15(22)20-6-5-10(17)16(2,3)7-20/h8,10H,5-7,17H2,1-4H3. The number of hydrogen-bond acceptors (Lipinski definition) is 5. The maximum absolute atomic E-state index is 13.0. The number of carbonyl (C=O) groups excluding carboxylic acids is 1. The molecule has 2 N–H and O–H groups in total. The van der Waals surface area contributed by atoms with Crippen molar-refractivity contribution in [2.24, 2.45) is 18.2 Å². The van der Waals surface area contributed by atoms with Crippen LogP contribution in [0.1, 0.15) is 36.4 Å². The van der Waals surface area contributed by atoms with Gasteiger partial charge in [0, 0.05) is 26.2 Å². The Kier molecular flexibility index (Phi) is 3.55. The zero-order chi connectivity index (χ0) is 16.9. The first-order valence-corrected chi connectivity index (χ1v) is 7.72. The quantitative estimate of drug-likeness (QED) is 0.847. The lowest BCUT2D eigenvalue weighted by Gasteiger charge is -2.42. The third-order valence-electron chi connectivity index (χ3n) is 4.76. The number of nitrogens with two attached hydrogens (primary N) is 1. The van der Waals surface area contributed by atoms with Crippen molar-refractivity contribution in [3.8, 4) is 0 Å². The van der Waals surface area contributed by atoms with Gasteiger partial charge in [-0.05, 0) is 18.8 Å². The van der Waals surface area contributed by atoms with Crippen LogP contribution in [0.15, 0.2) is 15.5 Å². The molecule has 2 aromatic rings. The third-order valence-corrected chi connectivity index (χ3v) is 4.76. The number of carbonyl (C=O) groups is 1. The molecule has 7 nitrogen and oxygen atoms in total. The second-order valence-electron chi connectivity index (χ2n) is 6.98. The zero-order valence-electron chi connectivity index (χ0n) is 13.9. The molecular formula is C16H22N4O3. The normalized spacial score (nSPS) is 20.9. The number of fused-ring (bicyclic) bond motifs is 1. The van der Waals surface area contributed by atoms with E-state index >= 15 is 0 Å². The second kappa shape index (κ2) is 5.19. The van der Waals surface area contributed by atoms with Crippen LogP contribution in [0.2, 0.25) is 0 Å². The number of likely N-dealkylation sites (tertiary alicyclic amines) is 1. The Morgan fingerprint density at radius 2 is 2.17 bits per heavy atom. The lowest BCUT2D eigenvalue weighted by molar-refractivity contribution is 0.0533. The number of rotatable bonds is 1. The van der Waals surface area contributed by atoms with Crippen LogP contribution in [-0.2, 0) is 7.05 Å². The highest BCUT2D eigenvalue weighted by Crippen LogP contribution is 2.30. The Morgan fingerprint density at radius 1 is 1.48 bits per heavy atom. The van der Waals surface area contributed by atoms with Crippen LogP contribution < -0.4 is 11.3 Å². The largest absolute Gasteiger partial charge is 0.442 e. The van der Waals surface area contributed by atoms with Crippen LogP contribution in [0.25, 0.3) is 11.1 Å². The Labute approximate surface area is 134 Å². The maximum atomic E-state index is 13.0. The summed E-state index contributed by atoms with van der Waals surface area (Å²) in [4.78, 5) is 31.3. The fourth-order valence-electron chi connectivity index (χ4n) is 3.15. The Morgan fingerprint density at radius 3 is 2.83 bits per heavy atom. The summed E-state index contributed by atoms with van der Waals surface area (Å²) in [7, 11) is 1.61. The Balaban J connectivity index is 2.07. The lowest BCUT2D eigenvalue weighted by Crippen LogP contribution is -2.54. The topological polar surface area (TPSA) is 94.4 Å². The van der Waals surface area contributed by atoms with Gasteiger partial charge in [-0.25, -0.2) is 4.98 Å². The predicted octanol–water partition coefficient (Wildman–Crippen LogP) is 1.03. The van der Waals surface area contributed by atoms with Crippen molar-refractivity contribution in [1.82, 2.24) is 14.5 Å². The van der Waals surface area contributed by atoms with E-state index in [9.17, 15) is 9.59 Å². The first-order valence-electron chi connectivity index (χ1n) is 7.72. The van der Waals surface area contributed by atoms with Gasteiger partial charge in [-0.2, -0.15) is 0 Å². The van der Waals surface area contributed by atoms with E-state index in [-0.39, 0.29) is 34.0 Å². The number of aromatic nitrogens is 2. The molecule has 0 radical (unpaired) electrons. The molecule has 23 heavy (non-hydrogen) atoms. The molecule has 1 fully saturated rings. The summed E-state index contributed by atoms with van der Waals surface area (Å²) in [6, 6.07) is 0.0586. The summed E-state index contributed by atoms with van der Waals surface area (Å²) in [5.41, 5.74) is 6.23. The molecule has 0 aliphatic carbocycles. The van der Waals surface area contributed by atoms with E-state index < -0.39 is 0 Å². The molecule has 0 spiro atoms. The average Bonchev–Trinajstić information content (AvgIpc) is 2.82. The molecule has 1 aliphatic rings. The smallest absolute Gasteiger partial charge is 0.265 e. The number of aryl methyl sites for hydroxylation is 2. The van der Waals surface area contributed by atoms with Crippen LogP contribution in [0.3, 0.4) is 0 Å². The first kappa shape index (κ1) is 15.7. The molecule has 1 unspecified atom stereocenters. The van der Waals surface area contributed by atoms with E-state index in [1.807, 2.05) is 0 Å². The van der Waals surface area contributed by atoms with Crippen molar-refractivity contribution in [3.63, 3.8) is 0 Å². The minimum Gasteiger partial charge on any atom is -0.442 e. The molecule has 124 valence electrons. The van der Waals surface area contributed by atoms with Crippen LogP contribution >= 0.6 is 0 Å². The van der Waals surface area contributed by atoms with Crippen molar-refractivity contribution in [2.75, 3.05) is 13.1 Å². The summed E-state index contributed by atoms with van der Waals surface area (Å²) in [5.74, 6) is 0.236. The minimum atomic E-state index is -0.275. The summed E-state index contributed by atoms with van der Waals surface area (Å²) >= 11 is 0. The van der Waals surface area contributed by atoms with E-state index in [4.69, 9.17) is 10.2 Å². The van der Waals surface area contributed by atoms with E-state index in [0.29, 0.717) is 24.4 Å². The van der Waals surface area contributed by atoms with Gasteiger partial charge in [0.1, 0.15) is 17.5 Å². The molecule has 1 atom stereocenters. The highest BCUT2D eigenvalue weighted by atomic mass is 16.3. The Bertz CT molecular complexity index is 834. The summed E-state index contributed by atoms with van der Waals surface area (Å²) in [6.45, 7) is 6.93. The molecule has 1 saturated heterocycles. The summed E-state index contributed by atoms with van der Waals surface area (Å²) in [5, 5.41) is 0.255. The minimum absolute atomic E-state index is 0.0586. The van der Waals surface area contributed by atoms with Crippen molar-refractivity contribution in [2.45, 2.75) is 33.2 Å². The van der Waals surface area contributed by atoms with Gasteiger partial charge in [-0.15, -0.1) is 0 Å². The van der Waals surface area contributed by atoms with Crippen LogP contribution in [0, 0.1) is 12.3 Å². The first-order chi connectivity index (χ1) is 10.7. The van der Waals surface area contributed by atoms with Crippen LogP contribution in [0.4, 0.5) is 0 Å². The van der Waals surface area contributed by atoms with Crippen molar-refractivity contribution in [1.29, 1.82) is 0 Å². The van der Waals surface area contributed by atoms with Gasteiger partial charge >= 0.3 is 0 Å². The number of amides is 1. The van der Waals surface area contributed by atoms with Gasteiger partial charge in [0.15, 0.2) is 0 Å². The van der Waals surface area contributed by atoms with Gasteiger partial charge in [0.2, 0.25) is 5.71 Å². The third kappa shape index (κ3) is 2.45.